The minimum atomic E-state index is -0.445. The second kappa shape index (κ2) is 5.03. The van der Waals surface area contributed by atoms with Gasteiger partial charge in [-0.15, -0.1) is 0 Å². The van der Waals surface area contributed by atoms with Crippen LogP contribution in [0.1, 0.15) is 21.7 Å². The highest BCUT2D eigenvalue weighted by Crippen LogP contribution is 2.21. The van der Waals surface area contributed by atoms with E-state index in [4.69, 9.17) is 0 Å². The molecule has 0 spiro atoms. The number of thioether (sulfide) groups is 1. The lowest BCUT2D eigenvalue weighted by Crippen LogP contribution is -2.29. The Bertz CT molecular complexity index is 793. The average Bonchev–Trinajstić information content (AvgIpc) is 3.00. The van der Waals surface area contributed by atoms with E-state index in [9.17, 15) is 9.59 Å². The maximum atomic E-state index is 12.3. The number of nitrogens with zero attached hydrogens (tertiary/aromatic N) is 4. The smallest absolute Gasteiger partial charge is 0.267 e. The molecule has 0 fully saturated rings. The lowest BCUT2D eigenvalue weighted by molar-refractivity contribution is 0.102. The molecule has 2 aromatic rings. The molecule has 0 radical (unpaired) electrons. The topological polar surface area (TPSA) is 81.8 Å². The zero-order valence-electron chi connectivity index (χ0n) is 12.0. The molecule has 7 nitrogen and oxygen atoms in total. The predicted octanol–water partition coefficient (Wildman–Crippen LogP) is 0.952. The van der Waals surface area contributed by atoms with Crippen LogP contribution in [-0.4, -0.2) is 31.0 Å². The van der Waals surface area contributed by atoms with Gasteiger partial charge in [0.05, 0.1) is 17.1 Å². The number of nitrogens with one attached hydrogen (secondary N) is 1. The van der Waals surface area contributed by atoms with E-state index in [1.165, 1.54) is 18.0 Å². The second-order valence-corrected chi connectivity index (χ2v) is 5.95. The molecule has 2 aromatic heterocycles. The largest absolute Gasteiger partial charge is 0.319 e. The van der Waals surface area contributed by atoms with Crippen molar-refractivity contribution >= 4 is 23.4 Å². The summed E-state index contributed by atoms with van der Waals surface area (Å²) in [6.07, 6.45) is 1.35. The van der Waals surface area contributed by atoms with Gasteiger partial charge in [-0.3, -0.25) is 18.8 Å². The molecule has 0 saturated heterocycles. The number of aryl methyl sites for hydroxylation is 2. The van der Waals surface area contributed by atoms with Gasteiger partial charge in [0.2, 0.25) is 0 Å². The third-order valence-electron chi connectivity index (χ3n) is 3.55. The molecular weight excluding hydrogens is 290 g/mol. The highest BCUT2D eigenvalue weighted by atomic mass is 32.2. The molecule has 1 amide bonds. The first kappa shape index (κ1) is 13.9. The molecule has 0 bridgehead atoms. The zero-order valence-corrected chi connectivity index (χ0v) is 12.8. The van der Waals surface area contributed by atoms with Gasteiger partial charge in [0.1, 0.15) is 5.56 Å². The summed E-state index contributed by atoms with van der Waals surface area (Å²) >= 11 is 1.52. The Morgan fingerprint density at radius 1 is 1.43 bits per heavy atom. The molecule has 1 N–H and O–H groups in total. The van der Waals surface area contributed by atoms with Crippen LogP contribution < -0.4 is 10.9 Å². The van der Waals surface area contributed by atoms with Crippen LogP contribution in [-0.2, 0) is 13.6 Å². The Labute approximate surface area is 125 Å². The lowest BCUT2D eigenvalue weighted by atomic mass is 10.2. The minimum absolute atomic E-state index is 0.0592. The maximum Gasteiger partial charge on any atom is 0.267 e. The summed E-state index contributed by atoms with van der Waals surface area (Å²) in [6, 6.07) is 0. The van der Waals surface area contributed by atoms with E-state index in [2.05, 4.69) is 15.4 Å². The summed E-state index contributed by atoms with van der Waals surface area (Å²) in [6.45, 7) is 4.27. The van der Waals surface area contributed by atoms with Crippen molar-refractivity contribution in [3.8, 4) is 0 Å². The zero-order chi connectivity index (χ0) is 15.1. The highest BCUT2D eigenvalue weighted by molar-refractivity contribution is 7.99. The number of amides is 1. The molecule has 0 saturated carbocycles. The van der Waals surface area contributed by atoms with Gasteiger partial charge in [0.25, 0.3) is 11.5 Å². The average molecular weight is 305 g/mol. The normalized spacial score (nSPS) is 13.3. The first-order valence-electron chi connectivity index (χ1n) is 6.53. The maximum absolute atomic E-state index is 12.3. The summed E-state index contributed by atoms with van der Waals surface area (Å²) in [4.78, 5) is 28.8. The second-order valence-electron chi connectivity index (χ2n) is 4.88. The van der Waals surface area contributed by atoms with E-state index in [-0.39, 0.29) is 11.1 Å². The van der Waals surface area contributed by atoms with Crippen molar-refractivity contribution in [1.82, 2.24) is 19.3 Å². The fourth-order valence-corrected chi connectivity index (χ4v) is 3.22. The van der Waals surface area contributed by atoms with Crippen molar-refractivity contribution in [3.63, 3.8) is 0 Å². The van der Waals surface area contributed by atoms with E-state index in [0.29, 0.717) is 23.1 Å². The van der Waals surface area contributed by atoms with Gasteiger partial charge in [0.15, 0.2) is 5.16 Å². The molecule has 8 heteroatoms. The minimum Gasteiger partial charge on any atom is -0.319 e. The van der Waals surface area contributed by atoms with Gasteiger partial charge in [-0.05, 0) is 13.8 Å². The standard InChI is InChI=1S/C13H15N5O2S/c1-7-10(8(2)17(3)16-7)15-11(19)9-6-14-13-18(12(9)20)4-5-21-13/h6H,4-5H2,1-3H3,(H,15,19). The van der Waals surface area contributed by atoms with Gasteiger partial charge >= 0.3 is 0 Å². The number of hydrogen-bond acceptors (Lipinski definition) is 5. The summed E-state index contributed by atoms with van der Waals surface area (Å²) in [7, 11) is 1.81. The van der Waals surface area contributed by atoms with Crippen LogP contribution in [0.25, 0.3) is 0 Å². The lowest BCUT2D eigenvalue weighted by Gasteiger charge is -2.07. The van der Waals surface area contributed by atoms with Crippen molar-refractivity contribution < 1.29 is 4.79 Å². The molecule has 1 aliphatic heterocycles. The van der Waals surface area contributed by atoms with Crippen LogP contribution in [0.3, 0.4) is 0 Å². The molecule has 21 heavy (non-hydrogen) atoms. The van der Waals surface area contributed by atoms with Crippen LogP contribution in [0.4, 0.5) is 5.69 Å². The SMILES string of the molecule is Cc1nn(C)c(C)c1NC(=O)c1cnc2n(c1=O)CCS2. The first-order valence-corrected chi connectivity index (χ1v) is 7.51. The Kier molecular flexibility index (Phi) is 3.32. The van der Waals surface area contributed by atoms with Crippen molar-refractivity contribution in [2.45, 2.75) is 25.5 Å². The number of fused-ring (bicyclic) bond motifs is 1. The molecular formula is C13H15N5O2S. The number of rotatable bonds is 2. The fourth-order valence-electron chi connectivity index (χ4n) is 2.31. The van der Waals surface area contributed by atoms with Gasteiger partial charge in [0, 0.05) is 25.5 Å². The molecule has 0 aromatic carbocycles. The Balaban J connectivity index is 1.95. The van der Waals surface area contributed by atoms with E-state index >= 15 is 0 Å². The van der Waals surface area contributed by atoms with Crippen molar-refractivity contribution in [1.29, 1.82) is 0 Å². The molecule has 3 heterocycles. The molecule has 110 valence electrons. The number of carbonyl (C=O) groups is 1. The number of carbonyl (C=O) groups excluding carboxylic acids is 1. The summed E-state index contributed by atoms with van der Waals surface area (Å²) in [5.74, 6) is 0.368. The monoisotopic (exact) mass is 305 g/mol. The van der Waals surface area contributed by atoms with Crippen LogP contribution >= 0.6 is 11.8 Å². The summed E-state index contributed by atoms with van der Waals surface area (Å²) < 4.78 is 3.23. The third-order valence-corrected chi connectivity index (χ3v) is 4.52. The van der Waals surface area contributed by atoms with E-state index in [0.717, 1.165) is 11.4 Å². The van der Waals surface area contributed by atoms with Gasteiger partial charge in [-0.2, -0.15) is 5.10 Å². The van der Waals surface area contributed by atoms with E-state index in [1.807, 2.05) is 13.8 Å². The summed E-state index contributed by atoms with van der Waals surface area (Å²) in [5.41, 5.74) is 1.96. The molecule has 0 aliphatic carbocycles. The van der Waals surface area contributed by atoms with Crippen LogP contribution in [0.15, 0.2) is 16.1 Å². The predicted molar refractivity (Wildman–Crippen MR) is 79.9 cm³/mol. The molecule has 0 unspecified atom stereocenters. The Morgan fingerprint density at radius 2 is 2.19 bits per heavy atom. The number of aromatic nitrogens is 4. The van der Waals surface area contributed by atoms with Crippen LogP contribution in [0, 0.1) is 13.8 Å². The first-order chi connectivity index (χ1) is 9.99. The Hall–Kier alpha value is -2.09. The number of anilines is 1. The van der Waals surface area contributed by atoms with Crippen molar-refractivity contribution in [2.75, 3.05) is 11.1 Å². The summed E-state index contributed by atoms with van der Waals surface area (Å²) in [5, 5.41) is 7.67. The van der Waals surface area contributed by atoms with Gasteiger partial charge < -0.3 is 5.32 Å². The van der Waals surface area contributed by atoms with Crippen molar-refractivity contribution in [2.24, 2.45) is 7.05 Å². The van der Waals surface area contributed by atoms with Crippen LogP contribution in [0.5, 0.6) is 0 Å². The Morgan fingerprint density at radius 3 is 2.86 bits per heavy atom. The fraction of sp³-hybridized carbons (Fsp3) is 0.385. The van der Waals surface area contributed by atoms with Gasteiger partial charge in [-0.1, -0.05) is 11.8 Å². The van der Waals surface area contributed by atoms with E-state index < -0.39 is 5.91 Å². The van der Waals surface area contributed by atoms with Crippen molar-refractivity contribution in [3.05, 3.63) is 33.5 Å². The van der Waals surface area contributed by atoms with Crippen LogP contribution in [0.2, 0.25) is 0 Å². The quantitative estimate of drug-likeness (QED) is 0.836. The number of hydrogen-bond donors (Lipinski definition) is 1. The molecule has 3 rings (SSSR count). The highest BCUT2D eigenvalue weighted by Gasteiger charge is 2.21. The third kappa shape index (κ3) is 2.25. The molecule has 0 atom stereocenters. The van der Waals surface area contributed by atoms with E-state index in [1.54, 1.807) is 16.3 Å². The van der Waals surface area contributed by atoms with Gasteiger partial charge in [-0.25, -0.2) is 4.98 Å². The molecule has 1 aliphatic rings.